The highest BCUT2D eigenvalue weighted by Gasteiger charge is 2.19. The van der Waals surface area contributed by atoms with E-state index in [9.17, 15) is 14.7 Å². The minimum absolute atomic E-state index is 0.0635. The lowest BCUT2D eigenvalue weighted by atomic mass is 10.0. The minimum atomic E-state index is -0.616. The van der Waals surface area contributed by atoms with Gasteiger partial charge in [-0.2, -0.15) is 0 Å². The molecule has 1 aromatic carbocycles. The van der Waals surface area contributed by atoms with Gasteiger partial charge < -0.3 is 19.9 Å². The largest absolute Gasteiger partial charge is 0.507 e. The molecule has 6 heteroatoms. The number of amides is 1. The van der Waals surface area contributed by atoms with E-state index in [0.29, 0.717) is 17.9 Å². The van der Waals surface area contributed by atoms with E-state index < -0.39 is 5.97 Å². The zero-order chi connectivity index (χ0) is 16.7. The molecule has 0 saturated heterocycles. The monoisotopic (exact) mass is 307 g/mol. The molecule has 0 aliphatic rings. The quantitative estimate of drug-likeness (QED) is 0.786. The van der Waals surface area contributed by atoms with Crippen LogP contribution in [-0.2, 0) is 9.53 Å². The number of hydrogen-bond donors (Lipinski definition) is 2. The summed E-state index contributed by atoms with van der Waals surface area (Å²) in [7, 11) is 1.46. The van der Waals surface area contributed by atoms with Crippen molar-refractivity contribution in [2.45, 2.75) is 26.9 Å². The number of ether oxygens (including phenoxy) is 2. The van der Waals surface area contributed by atoms with Crippen molar-refractivity contribution in [3.8, 4) is 11.5 Å². The van der Waals surface area contributed by atoms with Gasteiger partial charge in [0.2, 0.25) is 5.91 Å². The highest BCUT2D eigenvalue weighted by atomic mass is 16.5. The van der Waals surface area contributed by atoms with Crippen molar-refractivity contribution >= 4 is 18.0 Å². The molecule has 120 valence electrons. The summed E-state index contributed by atoms with van der Waals surface area (Å²) in [6.45, 7) is 5.18. The number of rotatable bonds is 6. The predicted molar refractivity (Wildman–Crippen MR) is 82.9 cm³/mol. The Balaban J connectivity index is 3.12. The van der Waals surface area contributed by atoms with E-state index in [1.54, 1.807) is 32.1 Å². The first kappa shape index (κ1) is 17.6. The molecule has 0 fully saturated rings. The Morgan fingerprint density at radius 1 is 1.36 bits per heavy atom. The van der Waals surface area contributed by atoms with Gasteiger partial charge in [0, 0.05) is 19.5 Å². The van der Waals surface area contributed by atoms with E-state index >= 15 is 0 Å². The van der Waals surface area contributed by atoms with E-state index in [-0.39, 0.29) is 23.3 Å². The van der Waals surface area contributed by atoms with Gasteiger partial charge in [0.25, 0.3) is 0 Å². The van der Waals surface area contributed by atoms with E-state index in [1.165, 1.54) is 20.1 Å². The number of aromatic hydroxyl groups is 1. The Morgan fingerprint density at radius 3 is 2.59 bits per heavy atom. The van der Waals surface area contributed by atoms with Gasteiger partial charge in [-0.3, -0.25) is 4.79 Å². The molecule has 6 nitrogen and oxygen atoms in total. The van der Waals surface area contributed by atoms with Gasteiger partial charge in [-0.1, -0.05) is 12.2 Å². The topological polar surface area (TPSA) is 84.9 Å². The number of hydrogen-bond acceptors (Lipinski definition) is 5. The van der Waals surface area contributed by atoms with Crippen molar-refractivity contribution < 1.29 is 24.2 Å². The van der Waals surface area contributed by atoms with Gasteiger partial charge in [0.05, 0.1) is 13.2 Å². The number of methoxy groups -OCH3 is 1. The van der Waals surface area contributed by atoms with Gasteiger partial charge in [-0.15, -0.1) is 0 Å². The molecular weight excluding hydrogens is 286 g/mol. The van der Waals surface area contributed by atoms with Crippen LogP contribution in [0.15, 0.2) is 18.2 Å². The van der Waals surface area contributed by atoms with Crippen LogP contribution in [0.2, 0.25) is 0 Å². The first-order chi connectivity index (χ1) is 10.3. The maximum Gasteiger partial charge on any atom is 0.342 e. The van der Waals surface area contributed by atoms with Crippen molar-refractivity contribution in [3.63, 3.8) is 0 Å². The maximum absolute atomic E-state index is 12.1. The fourth-order valence-corrected chi connectivity index (χ4v) is 1.76. The molecule has 0 aliphatic carbocycles. The third-order valence-corrected chi connectivity index (χ3v) is 2.67. The van der Waals surface area contributed by atoms with Crippen LogP contribution < -0.4 is 10.1 Å². The molecule has 0 saturated carbocycles. The SMILES string of the molecule is COc1cc(O)c(C(=O)OC(C)C)c(/C=C/CNC(C)=O)c1. The summed E-state index contributed by atoms with van der Waals surface area (Å²) in [4.78, 5) is 22.9. The second-order valence-corrected chi connectivity index (χ2v) is 4.90. The van der Waals surface area contributed by atoms with E-state index in [2.05, 4.69) is 5.32 Å². The van der Waals surface area contributed by atoms with Gasteiger partial charge >= 0.3 is 5.97 Å². The van der Waals surface area contributed by atoms with E-state index in [1.807, 2.05) is 0 Å². The molecule has 0 radical (unpaired) electrons. The first-order valence-electron chi connectivity index (χ1n) is 6.88. The number of benzene rings is 1. The molecule has 1 aromatic rings. The Hall–Kier alpha value is -2.50. The van der Waals surface area contributed by atoms with Crippen molar-refractivity contribution in [1.29, 1.82) is 0 Å². The Bertz CT molecular complexity index is 578. The molecule has 0 aliphatic heterocycles. The summed E-state index contributed by atoms with van der Waals surface area (Å²) in [6.07, 6.45) is 2.99. The second-order valence-electron chi connectivity index (χ2n) is 4.90. The van der Waals surface area contributed by atoms with Crippen molar-refractivity contribution in [2.75, 3.05) is 13.7 Å². The van der Waals surface area contributed by atoms with Crippen LogP contribution >= 0.6 is 0 Å². The standard InChI is InChI=1S/C16H21NO5/c1-10(2)22-16(20)15-12(6-5-7-17-11(3)18)8-13(21-4)9-14(15)19/h5-6,8-10,19H,7H2,1-4H3,(H,17,18)/b6-5+. The van der Waals surface area contributed by atoms with Crippen LogP contribution in [0.25, 0.3) is 6.08 Å². The molecule has 0 bridgehead atoms. The van der Waals surface area contributed by atoms with E-state index in [4.69, 9.17) is 9.47 Å². The fraction of sp³-hybridized carbons (Fsp3) is 0.375. The number of carbonyl (C=O) groups excluding carboxylic acids is 2. The average molecular weight is 307 g/mol. The normalized spacial score (nSPS) is 10.8. The third-order valence-electron chi connectivity index (χ3n) is 2.67. The maximum atomic E-state index is 12.1. The highest BCUT2D eigenvalue weighted by molar-refractivity contribution is 5.97. The van der Waals surface area contributed by atoms with Crippen molar-refractivity contribution in [1.82, 2.24) is 5.32 Å². The first-order valence-corrected chi connectivity index (χ1v) is 6.88. The molecule has 1 amide bonds. The molecule has 0 aromatic heterocycles. The molecule has 2 N–H and O–H groups in total. The van der Waals surface area contributed by atoms with Crippen LogP contribution in [0.5, 0.6) is 11.5 Å². The van der Waals surface area contributed by atoms with Gasteiger partial charge in [-0.25, -0.2) is 4.79 Å². The predicted octanol–water partition coefficient (Wildman–Crippen LogP) is 2.12. The van der Waals surface area contributed by atoms with Crippen LogP contribution in [0.4, 0.5) is 0 Å². The fourth-order valence-electron chi connectivity index (χ4n) is 1.76. The summed E-state index contributed by atoms with van der Waals surface area (Å²) in [5.41, 5.74) is 0.515. The van der Waals surface area contributed by atoms with Gasteiger partial charge in [0.15, 0.2) is 0 Å². The van der Waals surface area contributed by atoms with Crippen LogP contribution in [0.1, 0.15) is 36.7 Å². The van der Waals surface area contributed by atoms with Gasteiger partial charge in [0.1, 0.15) is 17.1 Å². The molecule has 0 heterocycles. The number of phenols is 1. The highest BCUT2D eigenvalue weighted by Crippen LogP contribution is 2.29. The summed E-state index contributed by atoms with van der Waals surface area (Å²) in [5, 5.41) is 12.7. The number of carbonyl (C=O) groups is 2. The van der Waals surface area contributed by atoms with E-state index in [0.717, 1.165) is 0 Å². The van der Waals surface area contributed by atoms with Crippen LogP contribution in [0, 0.1) is 0 Å². The Kier molecular flexibility index (Phi) is 6.44. The van der Waals surface area contributed by atoms with Crippen LogP contribution in [0.3, 0.4) is 0 Å². The lowest BCUT2D eigenvalue weighted by molar-refractivity contribution is -0.118. The summed E-state index contributed by atoms with van der Waals surface area (Å²) < 4.78 is 10.2. The molecule has 0 atom stereocenters. The zero-order valence-corrected chi connectivity index (χ0v) is 13.2. The smallest absolute Gasteiger partial charge is 0.342 e. The Labute approximate surface area is 129 Å². The van der Waals surface area contributed by atoms with Crippen molar-refractivity contribution in [2.24, 2.45) is 0 Å². The summed E-state index contributed by atoms with van der Waals surface area (Å²) in [5.74, 6) is -0.575. The molecule has 22 heavy (non-hydrogen) atoms. The summed E-state index contributed by atoms with van der Waals surface area (Å²) >= 11 is 0. The lowest BCUT2D eigenvalue weighted by Crippen LogP contribution is -2.19. The third kappa shape index (κ3) is 5.12. The molecule has 0 unspecified atom stereocenters. The van der Waals surface area contributed by atoms with Gasteiger partial charge in [-0.05, 0) is 25.5 Å². The van der Waals surface area contributed by atoms with Crippen molar-refractivity contribution in [3.05, 3.63) is 29.3 Å². The number of phenolic OH excluding ortho intramolecular Hbond substituents is 1. The molecular formula is C16H21NO5. The molecule has 1 rings (SSSR count). The Morgan fingerprint density at radius 2 is 2.05 bits per heavy atom. The van der Waals surface area contributed by atoms with Crippen LogP contribution in [-0.4, -0.2) is 36.7 Å². The summed E-state index contributed by atoms with van der Waals surface area (Å²) in [6, 6.07) is 2.96. The second kappa shape index (κ2) is 8.07. The average Bonchev–Trinajstić information content (AvgIpc) is 2.41. The number of esters is 1. The number of nitrogens with one attached hydrogen (secondary N) is 1. The lowest BCUT2D eigenvalue weighted by Gasteiger charge is -2.13. The molecule has 0 spiro atoms. The minimum Gasteiger partial charge on any atom is -0.507 e. The zero-order valence-electron chi connectivity index (χ0n) is 13.2.